The second-order valence-corrected chi connectivity index (χ2v) is 4.74. The highest BCUT2D eigenvalue weighted by molar-refractivity contribution is 7.09. The third-order valence-corrected chi connectivity index (χ3v) is 3.06. The molecule has 0 atom stereocenters. The van der Waals surface area contributed by atoms with Crippen molar-refractivity contribution in [1.29, 1.82) is 0 Å². The largest absolute Gasteiger partial charge is 0.461 e. The molecule has 2 aromatic rings. The summed E-state index contributed by atoms with van der Waals surface area (Å²) >= 11 is 1.54. The van der Waals surface area contributed by atoms with E-state index < -0.39 is 0 Å². The summed E-state index contributed by atoms with van der Waals surface area (Å²) in [6, 6.07) is 9.64. The second kappa shape index (κ2) is 5.59. The first-order valence-electron chi connectivity index (χ1n) is 5.34. The van der Waals surface area contributed by atoms with E-state index in [-0.39, 0.29) is 12.4 Å². The van der Waals surface area contributed by atoms with Gasteiger partial charge in [-0.05, 0) is 12.5 Å². The van der Waals surface area contributed by atoms with E-state index in [1.807, 2.05) is 42.6 Å². The Balaban J connectivity index is 1.82. The maximum Gasteiger partial charge on any atom is 0.312 e. The Kier molecular flexibility index (Phi) is 3.88. The Hall–Kier alpha value is -1.68. The zero-order valence-electron chi connectivity index (χ0n) is 9.55. The number of aryl methyl sites for hydroxylation is 1. The van der Waals surface area contributed by atoms with Crippen LogP contribution in [0.15, 0.2) is 35.7 Å². The van der Waals surface area contributed by atoms with Gasteiger partial charge in [-0.1, -0.05) is 30.3 Å². The third-order valence-electron chi connectivity index (χ3n) is 2.23. The van der Waals surface area contributed by atoms with Crippen LogP contribution < -0.4 is 0 Å². The average molecular weight is 247 g/mol. The van der Waals surface area contributed by atoms with E-state index in [1.165, 1.54) is 0 Å². The summed E-state index contributed by atoms with van der Waals surface area (Å²) in [6.45, 7) is 2.24. The molecule has 0 unspecified atom stereocenters. The van der Waals surface area contributed by atoms with Gasteiger partial charge in [0.15, 0.2) is 0 Å². The monoisotopic (exact) mass is 247 g/mol. The van der Waals surface area contributed by atoms with Crippen molar-refractivity contribution in [3.63, 3.8) is 0 Å². The van der Waals surface area contributed by atoms with Crippen LogP contribution >= 0.6 is 11.3 Å². The molecule has 1 heterocycles. The second-order valence-electron chi connectivity index (χ2n) is 3.68. The van der Waals surface area contributed by atoms with E-state index >= 15 is 0 Å². The number of thiazole rings is 1. The van der Waals surface area contributed by atoms with Crippen molar-refractivity contribution in [2.24, 2.45) is 0 Å². The Bertz CT molecular complexity index is 493. The molecule has 0 N–H and O–H groups in total. The van der Waals surface area contributed by atoms with E-state index in [0.717, 1.165) is 16.3 Å². The fourth-order valence-electron chi connectivity index (χ4n) is 1.43. The van der Waals surface area contributed by atoms with Gasteiger partial charge in [-0.3, -0.25) is 4.79 Å². The number of nitrogens with zero attached hydrogens (tertiary/aromatic N) is 1. The van der Waals surface area contributed by atoms with Crippen LogP contribution in [0.2, 0.25) is 0 Å². The highest BCUT2D eigenvalue weighted by Gasteiger charge is 2.07. The van der Waals surface area contributed by atoms with Crippen LogP contribution in [0, 0.1) is 6.92 Å². The lowest BCUT2D eigenvalue weighted by Gasteiger charge is -2.03. The van der Waals surface area contributed by atoms with E-state index in [0.29, 0.717) is 6.61 Å². The lowest BCUT2D eigenvalue weighted by molar-refractivity contribution is -0.144. The number of benzene rings is 1. The fraction of sp³-hybridized carbons (Fsp3) is 0.231. The minimum absolute atomic E-state index is 0.237. The van der Waals surface area contributed by atoms with Gasteiger partial charge in [0, 0.05) is 5.38 Å². The fourth-order valence-corrected chi connectivity index (χ4v) is 2.04. The van der Waals surface area contributed by atoms with Gasteiger partial charge in [0.05, 0.1) is 17.1 Å². The zero-order chi connectivity index (χ0) is 12.1. The Morgan fingerprint density at radius 1 is 1.35 bits per heavy atom. The van der Waals surface area contributed by atoms with Gasteiger partial charge < -0.3 is 4.74 Å². The van der Waals surface area contributed by atoms with Gasteiger partial charge in [-0.15, -0.1) is 11.3 Å². The predicted octanol–water partition coefficient (Wildman–Crippen LogP) is 2.74. The summed E-state index contributed by atoms with van der Waals surface area (Å²) in [4.78, 5) is 15.8. The van der Waals surface area contributed by atoms with Gasteiger partial charge in [0.2, 0.25) is 0 Å². The first-order chi connectivity index (χ1) is 8.24. The Morgan fingerprint density at radius 3 is 2.76 bits per heavy atom. The average Bonchev–Trinajstić information content (AvgIpc) is 2.73. The maximum absolute atomic E-state index is 11.5. The molecule has 88 valence electrons. The first-order valence-corrected chi connectivity index (χ1v) is 6.22. The van der Waals surface area contributed by atoms with Crippen molar-refractivity contribution >= 4 is 17.3 Å². The molecule has 0 fully saturated rings. The third kappa shape index (κ3) is 3.67. The number of carbonyl (C=O) groups excluding carboxylic acids is 1. The minimum atomic E-state index is -0.237. The van der Waals surface area contributed by atoms with Crippen molar-refractivity contribution in [1.82, 2.24) is 4.98 Å². The van der Waals surface area contributed by atoms with Crippen LogP contribution in [0.3, 0.4) is 0 Å². The van der Waals surface area contributed by atoms with Gasteiger partial charge in [0.1, 0.15) is 6.61 Å². The number of carbonyl (C=O) groups is 1. The maximum atomic E-state index is 11.5. The van der Waals surface area contributed by atoms with Crippen LogP contribution in [0.1, 0.15) is 16.3 Å². The Morgan fingerprint density at radius 2 is 2.12 bits per heavy atom. The van der Waals surface area contributed by atoms with Crippen LogP contribution in [-0.4, -0.2) is 11.0 Å². The van der Waals surface area contributed by atoms with Crippen molar-refractivity contribution in [3.8, 4) is 0 Å². The molecule has 2 rings (SSSR count). The summed E-state index contributed by atoms with van der Waals surface area (Å²) < 4.78 is 5.17. The van der Waals surface area contributed by atoms with Gasteiger partial charge in [-0.2, -0.15) is 0 Å². The minimum Gasteiger partial charge on any atom is -0.461 e. The molecule has 0 amide bonds. The topological polar surface area (TPSA) is 39.2 Å². The van der Waals surface area contributed by atoms with Gasteiger partial charge in [-0.25, -0.2) is 4.98 Å². The molecular formula is C13H13NO2S. The number of aromatic nitrogens is 1. The van der Waals surface area contributed by atoms with Gasteiger partial charge in [0.25, 0.3) is 0 Å². The van der Waals surface area contributed by atoms with Gasteiger partial charge >= 0.3 is 5.97 Å². The number of ether oxygens (including phenoxy) is 1. The molecule has 0 bridgehead atoms. The summed E-state index contributed by atoms with van der Waals surface area (Å²) in [5.41, 5.74) is 1.78. The molecule has 0 aliphatic carbocycles. The van der Waals surface area contributed by atoms with Crippen LogP contribution in [-0.2, 0) is 22.6 Å². The van der Waals surface area contributed by atoms with E-state index in [1.54, 1.807) is 11.3 Å². The molecule has 0 aliphatic heterocycles. The van der Waals surface area contributed by atoms with Crippen molar-refractivity contribution in [3.05, 3.63) is 52.0 Å². The summed E-state index contributed by atoms with van der Waals surface area (Å²) in [7, 11) is 0. The molecular weight excluding hydrogens is 234 g/mol. The van der Waals surface area contributed by atoms with Crippen LogP contribution in [0.25, 0.3) is 0 Å². The quantitative estimate of drug-likeness (QED) is 0.780. The molecule has 4 heteroatoms. The van der Waals surface area contributed by atoms with E-state index in [4.69, 9.17) is 4.74 Å². The lowest BCUT2D eigenvalue weighted by Crippen LogP contribution is -2.08. The van der Waals surface area contributed by atoms with E-state index in [9.17, 15) is 4.79 Å². The SMILES string of the molecule is Cc1nc(CC(=O)OCc2ccccc2)cs1. The summed E-state index contributed by atoms with van der Waals surface area (Å²) in [5, 5.41) is 2.86. The highest BCUT2D eigenvalue weighted by atomic mass is 32.1. The van der Waals surface area contributed by atoms with E-state index in [2.05, 4.69) is 4.98 Å². The normalized spacial score (nSPS) is 10.2. The van der Waals surface area contributed by atoms with Crippen molar-refractivity contribution in [2.45, 2.75) is 20.0 Å². The number of hydrogen-bond acceptors (Lipinski definition) is 4. The zero-order valence-corrected chi connectivity index (χ0v) is 10.4. The number of rotatable bonds is 4. The number of esters is 1. The molecule has 1 aromatic carbocycles. The molecule has 0 saturated heterocycles. The summed E-state index contributed by atoms with van der Waals surface area (Å²) in [6.07, 6.45) is 0.247. The molecule has 0 saturated carbocycles. The van der Waals surface area contributed by atoms with Crippen LogP contribution in [0.5, 0.6) is 0 Å². The van der Waals surface area contributed by atoms with Crippen molar-refractivity contribution in [2.75, 3.05) is 0 Å². The smallest absolute Gasteiger partial charge is 0.312 e. The molecule has 3 nitrogen and oxygen atoms in total. The van der Waals surface area contributed by atoms with Crippen LogP contribution in [0.4, 0.5) is 0 Å². The standard InChI is InChI=1S/C13H13NO2S/c1-10-14-12(9-17-10)7-13(15)16-8-11-5-3-2-4-6-11/h2-6,9H,7-8H2,1H3. The van der Waals surface area contributed by atoms with Crippen molar-refractivity contribution < 1.29 is 9.53 Å². The molecule has 17 heavy (non-hydrogen) atoms. The highest BCUT2D eigenvalue weighted by Crippen LogP contribution is 2.09. The first kappa shape index (κ1) is 11.8. The molecule has 0 spiro atoms. The predicted molar refractivity (Wildman–Crippen MR) is 66.8 cm³/mol. The molecule has 0 aliphatic rings. The lowest BCUT2D eigenvalue weighted by atomic mass is 10.2. The Labute approximate surface area is 104 Å². The molecule has 1 aromatic heterocycles. The molecule has 0 radical (unpaired) electrons. The summed E-state index contributed by atoms with van der Waals surface area (Å²) in [5.74, 6) is -0.237. The number of hydrogen-bond donors (Lipinski definition) is 0.